The van der Waals surface area contributed by atoms with Gasteiger partial charge in [0.05, 0.1) is 49.1 Å². The zero-order valence-electron chi connectivity index (χ0n) is 24.0. The van der Waals surface area contributed by atoms with E-state index in [4.69, 9.17) is 9.47 Å². The standard InChI is InChI=1S/C30H47FN4O4/c1-32(2)11-6-12-33(3)27-23(31)17-21-26-29(27)39-24-10-9-19-7-4-5-8-20(19)25(24)35(26)18-22(28(21)36)30(37)34-13-15-38-16-14-34/h18-21,23-27,29H,4-17H2,1-3H3. The van der Waals surface area contributed by atoms with Crippen molar-refractivity contribution < 1.29 is 23.5 Å². The van der Waals surface area contributed by atoms with Gasteiger partial charge in [-0.3, -0.25) is 14.5 Å². The van der Waals surface area contributed by atoms with Crippen LogP contribution >= 0.6 is 0 Å². The SMILES string of the molecule is CN(C)CCCN(C)C1C(F)CC2C(=O)C(C(=O)N3CCOCC3)=CN3C4C(CCC5CCCCC54)OC1C23. The van der Waals surface area contributed by atoms with Crippen LogP contribution in [0.3, 0.4) is 0 Å². The molecule has 0 aromatic carbocycles. The van der Waals surface area contributed by atoms with Crippen molar-refractivity contribution in [1.82, 2.24) is 19.6 Å². The average Bonchev–Trinajstić information content (AvgIpc) is 2.94. The minimum absolute atomic E-state index is 0.0124. The third kappa shape index (κ3) is 5.06. The van der Waals surface area contributed by atoms with Crippen LogP contribution in [0.1, 0.15) is 51.4 Å². The van der Waals surface area contributed by atoms with E-state index < -0.39 is 18.1 Å². The molecule has 3 aliphatic carbocycles. The Morgan fingerprint density at radius 1 is 1.05 bits per heavy atom. The number of rotatable bonds is 6. The Bertz CT molecular complexity index is 955. The van der Waals surface area contributed by atoms with Gasteiger partial charge in [0.25, 0.3) is 5.91 Å². The highest BCUT2D eigenvalue weighted by molar-refractivity contribution is 6.20. The van der Waals surface area contributed by atoms with Crippen molar-refractivity contribution in [3.8, 4) is 0 Å². The van der Waals surface area contributed by atoms with Gasteiger partial charge < -0.3 is 24.2 Å². The highest BCUT2D eigenvalue weighted by Crippen LogP contribution is 2.51. The van der Waals surface area contributed by atoms with Crippen LogP contribution in [0.25, 0.3) is 0 Å². The van der Waals surface area contributed by atoms with Crippen LogP contribution in [0, 0.1) is 17.8 Å². The molecule has 3 heterocycles. The normalized spacial score (nSPS) is 40.2. The molecule has 39 heavy (non-hydrogen) atoms. The summed E-state index contributed by atoms with van der Waals surface area (Å²) in [6.07, 6.45) is 8.53. The van der Waals surface area contributed by atoms with E-state index in [1.54, 1.807) is 4.90 Å². The number of carbonyl (C=O) groups excluding carboxylic acids is 2. The number of ether oxygens (including phenoxy) is 2. The van der Waals surface area contributed by atoms with Crippen LogP contribution in [0.4, 0.5) is 4.39 Å². The number of alkyl halides is 1. The number of amides is 1. The molecular weight excluding hydrogens is 499 g/mol. The topological polar surface area (TPSA) is 65.6 Å². The zero-order chi connectivity index (χ0) is 27.3. The van der Waals surface area contributed by atoms with Gasteiger partial charge in [0.1, 0.15) is 6.17 Å². The monoisotopic (exact) mass is 546 g/mol. The van der Waals surface area contributed by atoms with Crippen LogP contribution in [0.2, 0.25) is 0 Å². The third-order valence-corrected chi connectivity index (χ3v) is 10.6. The molecule has 3 aliphatic heterocycles. The van der Waals surface area contributed by atoms with E-state index >= 15 is 4.39 Å². The molecule has 0 bridgehead atoms. The van der Waals surface area contributed by atoms with Gasteiger partial charge in [0.2, 0.25) is 0 Å². The predicted octanol–water partition coefficient (Wildman–Crippen LogP) is 2.33. The number of fused-ring (bicyclic) bond motifs is 4. The summed E-state index contributed by atoms with van der Waals surface area (Å²) in [5.74, 6) is 0.224. The first-order valence-corrected chi connectivity index (χ1v) is 15.4. The maximum absolute atomic E-state index is 16.2. The molecule has 0 aromatic heterocycles. The second-order valence-corrected chi connectivity index (χ2v) is 13.2. The Hall–Kier alpha value is -1.55. The number of Topliss-reactive ketones (excluding diaryl/α,β-unsaturated/α-hetero) is 1. The number of hydrogen-bond acceptors (Lipinski definition) is 7. The summed E-state index contributed by atoms with van der Waals surface area (Å²) in [5, 5.41) is 0. The summed E-state index contributed by atoms with van der Waals surface area (Å²) in [6.45, 7) is 3.68. The van der Waals surface area contributed by atoms with Gasteiger partial charge in [0, 0.05) is 25.2 Å². The van der Waals surface area contributed by atoms with E-state index in [-0.39, 0.29) is 48.0 Å². The van der Waals surface area contributed by atoms with Crippen molar-refractivity contribution in [3.05, 3.63) is 11.8 Å². The molecule has 0 aromatic rings. The van der Waals surface area contributed by atoms with Crippen LogP contribution < -0.4 is 0 Å². The van der Waals surface area contributed by atoms with E-state index in [0.29, 0.717) is 38.1 Å². The molecule has 8 nitrogen and oxygen atoms in total. The Labute approximate surface area is 232 Å². The van der Waals surface area contributed by atoms with Crippen molar-refractivity contribution in [1.29, 1.82) is 0 Å². The Kier molecular flexibility index (Phi) is 8.06. The lowest BCUT2D eigenvalue weighted by atomic mass is 9.63. The van der Waals surface area contributed by atoms with Crippen molar-refractivity contribution in [2.45, 2.75) is 87.9 Å². The van der Waals surface area contributed by atoms with Crippen LogP contribution in [0.15, 0.2) is 11.8 Å². The fourth-order valence-corrected chi connectivity index (χ4v) is 8.78. The van der Waals surface area contributed by atoms with E-state index in [0.717, 1.165) is 32.4 Å². The van der Waals surface area contributed by atoms with Gasteiger partial charge in [0.15, 0.2) is 5.78 Å². The van der Waals surface area contributed by atoms with Crippen molar-refractivity contribution >= 4 is 11.7 Å². The number of morpholine rings is 2. The van der Waals surface area contributed by atoms with E-state index in [2.05, 4.69) is 28.8 Å². The highest BCUT2D eigenvalue weighted by Gasteiger charge is 2.61. The van der Waals surface area contributed by atoms with Gasteiger partial charge in [-0.15, -0.1) is 0 Å². The molecule has 3 saturated carbocycles. The number of halogens is 1. The van der Waals surface area contributed by atoms with Crippen molar-refractivity contribution in [2.75, 3.05) is 60.5 Å². The molecular formula is C30H47FN4O4. The predicted molar refractivity (Wildman–Crippen MR) is 146 cm³/mol. The van der Waals surface area contributed by atoms with Gasteiger partial charge >= 0.3 is 0 Å². The second kappa shape index (κ2) is 11.4. The second-order valence-electron chi connectivity index (χ2n) is 13.2. The fraction of sp³-hybridized carbons (Fsp3) is 0.867. The van der Waals surface area contributed by atoms with Crippen molar-refractivity contribution in [3.63, 3.8) is 0 Å². The summed E-state index contributed by atoms with van der Waals surface area (Å²) in [6, 6.07) is -0.447. The Balaban J connectivity index is 1.35. The molecule has 9 unspecified atom stereocenters. The average molecular weight is 547 g/mol. The molecule has 9 atom stereocenters. The lowest BCUT2D eigenvalue weighted by Gasteiger charge is -2.62. The molecule has 0 radical (unpaired) electrons. The lowest BCUT2D eigenvalue weighted by Crippen LogP contribution is -2.74. The van der Waals surface area contributed by atoms with Gasteiger partial charge in [-0.2, -0.15) is 0 Å². The largest absolute Gasteiger partial charge is 0.378 e. The van der Waals surface area contributed by atoms with Crippen LogP contribution in [-0.4, -0.2) is 128 Å². The molecule has 0 N–H and O–H groups in total. The molecule has 5 fully saturated rings. The lowest BCUT2D eigenvalue weighted by molar-refractivity contribution is -0.225. The maximum atomic E-state index is 16.2. The van der Waals surface area contributed by atoms with Crippen LogP contribution in [0.5, 0.6) is 0 Å². The smallest absolute Gasteiger partial charge is 0.259 e. The number of nitrogens with zero attached hydrogens (tertiary/aromatic N) is 4. The molecule has 9 heteroatoms. The molecule has 0 spiro atoms. The van der Waals surface area contributed by atoms with Crippen LogP contribution in [-0.2, 0) is 19.1 Å². The Morgan fingerprint density at radius 3 is 2.59 bits per heavy atom. The first-order chi connectivity index (χ1) is 18.8. The molecule has 6 aliphatic rings. The molecule has 6 rings (SSSR count). The van der Waals surface area contributed by atoms with Gasteiger partial charge in [-0.05, 0) is 78.2 Å². The number of hydrogen-bond donors (Lipinski definition) is 0. The number of ketones is 1. The zero-order valence-corrected chi connectivity index (χ0v) is 24.0. The summed E-state index contributed by atoms with van der Waals surface area (Å²) in [7, 11) is 6.13. The molecule has 2 saturated heterocycles. The number of carbonyl (C=O) groups is 2. The minimum atomic E-state index is -1.17. The summed E-state index contributed by atoms with van der Waals surface area (Å²) >= 11 is 0. The quantitative estimate of drug-likeness (QED) is 0.474. The summed E-state index contributed by atoms with van der Waals surface area (Å²) in [5.41, 5.74) is 0.250. The van der Waals surface area contributed by atoms with Gasteiger partial charge in [-0.1, -0.05) is 19.3 Å². The molecule has 1 amide bonds. The Morgan fingerprint density at radius 2 is 1.82 bits per heavy atom. The maximum Gasteiger partial charge on any atom is 0.259 e. The summed E-state index contributed by atoms with van der Waals surface area (Å²) < 4.78 is 28.6. The van der Waals surface area contributed by atoms with Gasteiger partial charge in [-0.25, -0.2) is 4.39 Å². The molecule has 218 valence electrons. The third-order valence-electron chi connectivity index (χ3n) is 10.6. The number of likely N-dealkylation sites (N-methyl/N-ethyl adjacent to an activating group) is 1. The first kappa shape index (κ1) is 27.6. The van der Waals surface area contributed by atoms with E-state index in [1.807, 2.05) is 13.2 Å². The fourth-order valence-electron chi connectivity index (χ4n) is 8.78. The first-order valence-electron chi connectivity index (χ1n) is 15.4. The highest BCUT2D eigenvalue weighted by atomic mass is 19.1. The summed E-state index contributed by atoms with van der Waals surface area (Å²) in [4.78, 5) is 36.1. The van der Waals surface area contributed by atoms with E-state index in [9.17, 15) is 9.59 Å². The minimum Gasteiger partial charge on any atom is -0.378 e. The van der Waals surface area contributed by atoms with Crippen molar-refractivity contribution in [2.24, 2.45) is 17.8 Å². The van der Waals surface area contributed by atoms with E-state index in [1.165, 1.54) is 25.7 Å².